The number of hydrogen-bond donors (Lipinski definition) is 2. The van der Waals surface area contributed by atoms with Gasteiger partial charge in [0.2, 0.25) is 11.2 Å². The van der Waals surface area contributed by atoms with Gasteiger partial charge in [-0.1, -0.05) is 0 Å². The fraction of sp³-hybridized carbons (Fsp3) is 0.118. The normalized spacial score (nSPS) is 10.7. The number of phenolic OH excluding ortho intramolecular Hbond substituents is 1. The first-order chi connectivity index (χ1) is 11.0. The Labute approximate surface area is 131 Å². The van der Waals surface area contributed by atoms with Crippen molar-refractivity contribution in [2.75, 3.05) is 14.2 Å². The molecule has 6 nitrogen and oxygen atoms in total. The monoisotopic (exact) mass is 314 g/mol. The van der Waals surface area contributed by atoms with Crippen LogP contribution in [-0.2, 0) is 0 Å². The molecule has 1 aromatic heterocycles. The summed E-state index contributed by atoms with van der Waals surface area (Å²) in [6, 6.07) is 9.13. The zero-order valence-corrected chi connectivity index (χ0v) is 12.5. The minimum Gasteiger partial charge on any atom is -0.504 e. The largest absolute Gasteiger partial charge is 0.504 e. The molecule has 3 aromatic rings. The Morgan fingerprint density at radius 1 is 1.00 bits per heavy atom. The molecule has 0 spiro atoms. The lowest BCUT2D eigenvalue weighted by Gasteiger charge is -2.09. The van der Waals surface area contributed by atoms with Gasteiger partial charge in [0.25, 0.3) is 0 Å². The molecule has 0 saturated heterocycles. The summed E-state index contributed by atoms with van der Waals surface area (Å²) in [7, 11) is 2.93. The van der Waals surface area contributed by atoms with E-state index < -0.39 is 11.2 Å². The average molecular weight is 314 g/mol. The second kappa shape index (κ2) is 5.57. The van der Waals surface area contributed by atoms with Crippen molar-refractivity contribution in [3.63, 3.8) is 0 Å². The summed E-state index contributed by atoms with van der Waals surface area (Å²) in [5.74, 6) is 0.117. The molecular formula is C17H14O6. The molecule has 2 N–H and O–H groups in total. The van der Waals surface area contributed by atoms with Crippen molar-refractivity contribution in [1.82, 2.24) is 0 Å². The van der Waals surface area contributed by atoms with Gasteiger partial charge in [0.05, 0.1) is 19.6 Å². The number of methoxy groups -OCH3 is 2. The van der Waals surface area contributed by atoms with Crippen molar-refractivity contribution >= 4 is 11.0 Å². The second-order valence-corrected chi connectivity index (χ2v) is 4.86. The van der Waals surface area contributed by atoms with Gasteiger partial charge in [-0.3, -0.25) is 4.79 Å². The first-order valence-corrected chi connectivity index (χ1v) is 6.76. The van der Waals surface area contributed by atoms with E-state index in [0.717, 1.165) is 0 Å². The molecule has 2 aromatic carbocycles. The average Bonchev–Trinajstić information content (AvgIpc) is 2.57. The lowest BCUT2D eigenvalue weighted by Crippen LogP contribution is -2.02. The highest BCUT2D eigenvalue weighted by Crippen LogP contribution is 2.36. The fourth-order valence-electron chi connectivity index (χ4n) is 2.32. The Hall–Kier alpha value is -3.15. The minimum absolute atomic E-state index is 0.0336. The molecule has 3 rings (SSSR count). The maximum Gasteiger partial charge on any atom is 0.235 e. The molecule has 0 atom stereocenters. The van der Waals surface area contributed by atoms with Gasteiger partial charge < -0.3 is 24.1 Å². The number of hydrogen-bond acceptors (Lipinski definition) is 6. The van der Waals surface area contributed by atoms with E-state index in [1.54, 1.807) is 18.2 Å². The van der Waals surface area contributed by atoms with E-state index in [4.69, 9.17) is 13.9 Å². The number of aromatic hydroxyl groups is 2. The second-order valence-electron chi connectivity index (χ2n) is 4.86. The lowest BCUT2D eigenvalue weighted by molar-refractivity contribution is 0.373. The Morgan fingerprint density at radius 2 is 1.78 bits per heavy atom. The third-order valence-electron chi connectivity index (χ3n) is 3.52. The molecule has 0 unspecified atom stereocenters. The van der Waals surface area contributed by atoms with Crippen molar-refractivity contribution in [1.29, 1.82) is 0 Å². The van der Waals surface area contributed by atoms with Crippen molar-refractivity contribution in [2.24, 2.45) is 0 Å². The topological polar surface area (TPSA) is 89.1 Å². The summed E-state index contributed by atoms with van der Waals surface area (Å²) < 4.78 is 15.7. The molecular weight excluding hydrogens is 300 g/mol. The van der Waals surface area contributed by atoms with E-state index in [0.29, 0.717) is 11.3 Å². The molecule has 6 heteroatoms. The number of ether oxygens (including phenoxy) is 2. The van der Waals surface area contributed by atoms with Gasteiger partial charge in [-0.2, -0.15) is 0 Å². The Morgan fingerprint density at radius 3 is 2.43 bits per heavy atom. The van der Waals surface area contributed by atoms with Crippen LogP contribution >= 0.6 is 0 Å². The molecule has 0 aliphatic heterocycles. The van der Waals surface area contributed by atoms with Gasteiger partial charge in [0.15, 0.2) is 17.3 Å². The van der Waals surface area contributed by atoms with Crippen LogP contribution in [0.1, 0.15) is 0 Å². The van der Waals surface area contributed by atoms with E-state index in [-0.39, 0.29) is 28.2 Å². The highest BCUT2D eigenvalue weighted by atomic mass is 16.5. The summed E-state index contributed by atoms with van der Waals surface area (Å²) in [4.78, 5) is 12.3. The molecule has 118 valence electrons. The molecule has 0 bridgehead atoms. The van der Waals surface area contributed by atoms with Gasteiger partial charge in [-0.15, -0.1) is 0 Å². The highest BCUT2D eigenvalue weighted by Gasteiger charge is 2.17. The van der Waals surface area contributed by atoms with Crippen LogP contribution < -0.4 is 14.9 Å². The Balaban J connectivity index is 2.26. The van der Waals surface area contributed by atoms with Crippen LogP contribution in [0, 0.1) is 0 Å². The van der Waals surface area contributed by atoms with Crippen molar-refractivity contribution in [2.45, 2.75) is 0 Å². The van der Waals surface area contributed by atoms with E-state index in [2.05, 4.69) is 0 Å². The van der Waals surface area contributed by atoms with Crippen LogP contribution in [0.25, 0.3) is 22.3 Å². The van der Waals surface area contributed by atoms with E-state index in [9.17, 15) is 15.0 Å². The fourth-order valence-corrected chi connectivity index (χ4v) is 2.32. The van der Waals surface area contributed by atoms with Crippen molar-refractivity contribution in [3.8, 4) is 34.3 Å². The summed E-state index contributed by atoms with van der Waals surface area (Å²) in [5, 5.41) is 20.2. The van der Waals surface area contributed by atoms with Crippen LogP contribution in [-0.4, -0.2) is 24.4 Å². The van der Waals surface area contributed by atoms with Gasteiger partial charge in [0, 0.05) is 11.6 Å². The van der Waals surface area contributed by atoms with Gasteiger partial charge in [0.1, 0.15) is 11.3 Å². The van der Waals surface area contributed by atoms with Gasteiger partial charge >= 0.3 is 0 Å². The molecule has 23 heavy (non-hydrogen) atoms. The highest BCUT2D eigenvalue weighted by molar-refractivity contribution is 5.83. The number of benzene rings is 2. The molecule has 0 aliphatic carbocycles. The molecule has 0 radical (unpaired) electrons. The number of fused-ring (bicyclic) bond motifs is 1. The first kappa shape index (κ1) is 14.8. The molecule has 0 aliphatic rings. The summed E-state index contributed by atoms with van der Waals surface area (Å²) >= 11 is 0. The van der Waals surface area contributed by atoms with E-state index in [1.165, 1.54) is 32.4 Å². The first-order valence-electron chi connectivity index (χ1n) is 6.76. The molecule has 0 saturated carbocycles. The van der Waals surface area contributed by atoms with Crippen molar-refractivity contribution < 1.29 is 24.1 Å². The van der Waals surface area contributed by atoms with Crippen LogP contribution in [0.4, 0.5) is 0 Å². The Bertz CT molecular complexity index is 942. The SMILES string of the molecule is COc1ccc2c(=O)c(O)c(-c3ccc(OC)c(O)c3)oc2c1. The Kier molecular flexibility index (Phi) is 3.57. The zero-order valence-electron chi connectivity index (χ0n) is 12.5. The summed E-state index contributed by atoms with van der Waals surface area (Å²) in [6.07, 6.45) is 0. The maximum absolute atomic E-state index is 12.3. The summed E-state index contributed by atoms with van der Waals surface area (Å²) in [6.45, 7) is 0. The molecule has 1 heterocycles. The van der Waals surface area contributed by atoms with Crippen LogP contribution in [0.15, 0.2) is 45.6 Å². The van der Waals surface area contributed by atoms with Crippen molar-refractivity contribution in [3.05, 3.63) is 46.6 Å². The third-order valence-corrected chi connectivity index (χ3v) is 3.52. The zero-order chi connectivity index (χ0) is 16.6. The predicted molar refractivity (Wildman–Crippen MR) is 84.4 cm³/mol. The molecule has 0 fully saturated rings. The maximum atomic E-state index is 12.3. The lowest BCUT2D eigenvalue weighted by atomic mass is 10.1. The van der Waals surface area contributed by atoms with Crippen LogP contribution in [0.2, 0.25) is 0 Å². The van der Waals surface area contributed by atoms with Gasteiger partial charge in [-0.25, -0.2) is 0 Å². The third kappa shape index (κ3) is 2.44. The van der Waals surface area contributed by atoms with Gasteiger partial charge in [-0.05, 0) is 30.3 Å². The standard InChI is InChI=1S/C17H14O6/c1-21-10-4-5-11-14(8-10)23-17(16(20)15(11)19)9-3-6-13(22-2)12(18)7-9/h3-8,18,20H,1-2H3. The predicted octanol–water partition coefficient (Wildman–Crippen LogP) is 2.89. The quantitative estimate of drug-likeness (QED) is 0.772. The molecule has 0 amide bonds. The summed E-state index contributed by atoms with van der Waals surface area (Å²) in [5.41, 5.74) is 0.0688. The number of rotatable bonds is 3. The smallest absolute Gasteiger partial charge is 0.235 e. The van der Waals surface area contributed by atoms with Crippen LogP contribution in [0.5, 0.6) is 23.0 Å². The van der Waals surface area contributed by atoms with Crippen LogP contribution in [0.3, 0.4) is 0 Å². The van der Waals surface area contributed by atoms with E-state index >= 15 is 0 Å². The minimum atomic E-state index is -0.556. The van der Waals surface area contributed by atoms with E-state index in [1.807, 2.05) is 0 Å². The number of phenols is 1.